The predicted octanol–water partition coefficient (Wildman–Crippen LogP) is 1.23. The van der Waals surface area contributed by atoms with E-state index in [1.54, 1.807) is 13.3 Å². The smallest absolute Gasteiger partial charge is 0.230 e. The maximum atomic E-state index is 11.0. The summed E-state index contributed by atoms with van der Waals surface area (Å²) in [6.07, 6.45) is 1.62. The van der Waals surface area contributed by atoms with Gasteiger partial charge in [-0.15, -0.1) is 10.2 Å². The van der Waals surface area contributed by atoms with Crippen LogP contribution in [0.2, 0.25) is 0 Å². The number of thioether (sulfide) groups is 1. The third-order valence-corrected chi connectivity index (χ3v) is 3.31. The number of carbonyl (C=O) groups excluding carboxylic acids is 1. The lowest BCUT2D eigenvalue weighted by atomic mass is 10.3. The van der Waals surface area contributed by atoms with E-state index < -0.39 is 0 Å². The number of hydrogen-bond donors (Lipinski definition) is 1. The SMILES string of the molecule is CC(Sc1nncn1-c1ccccc1)C(N)=O. The van der Waals surface area contributed by atoms with Crippen LogP contribution in [0.4, 0.5) is 0 Å². The lowest BCUT2D eigenvalue weighted by molar-refractivity contribution is -0.117. The number of nitrogens with two attached hydrogens (primary N) is 1. The molecule has 2 aromatic rings. The van der Waals surface area contributed by atoms with Crippen molar-refractivity contribution in [3.05, 3.63) is 36.7 Å². The first-order valence-electron chi connectivity index (χ1n) is 5.10. The highest BCUT2D eigenvalue weighted by Crippen LogP contribution is 2.23. The van der Waals surface area contributed by atoms with E-state index in [1.807, 2.05) is 34.9 Å². The Morgan fingerprint density at radius 2 is 2.12 bits per heavy atom. The molecule has 2 N–H and O–H groups in total. The molecule has 1 heterocycles. The molecule has 0 spiro atoms. The first kappa shape index (κ1) is 11.7. The summed E-state index contributed by atoms with van der Waals surface area (Å²) in [5, 5.41) is 8.16. The third-order valence-electron chi connectivity index (χ3n) is 2.23. The minimum atomic E-state index is -0.363. The molecule has 1 aromatic carbocycles. The highest BCUT2D eigenvalue weighted by Gasteiger charge is 2.15. The molecule has 17 heavy (non-hydrogen) atoms. The molecule has 6 heteroatoms. The molecule has 0 aliphatic rings. The van der Waals surface area contributed by atoms with Crippen molar-refractivity contribution in [2.45, 2.75) is 17.3 Å². The minimum absolute atomic E-state index is 0.332. The minimum Gasteiger partial charge on any atom is -0.369 e. The van der Waals surface area contributed by atoms with Gasteiger partial charge >= 0.3 is 0 Å². The number of carbonyl (C=O) groups is 1. The quantitative estimate of drug-likeness (QED) is 0.826. The molecule has 0 radical (unpaired) electrons. The van der Waals surface area contributed by atoms with Crippen molar-refractivity contribution in [3.63, 3.8) is 0 Å². The van der Waals surface area contributed by atoms with E-state index in [9.17, 15) is 4.79 Å². The molecule has 0 fully saturated rings. The Labute approximate surface area is 103 Å². The van der Waals surface area contributed by atoms with Crippen LogP contribution in [0, 0.1) is 0 Å². The number of hydrogen-bond acceptors (Lipinski definition) is 4. The van der Waals surface area contributed by atoms with Gasteiger partial charge in [0.1, 0.15) is 6.33 Å². The van der Waals surface area contributed by atoms with Crippen molar-refractivity contribution in [1.29, 1.82) is 0 Å². The average Bonchev–Trinajstić information content (AvgIpc) is 2.78. The number of amides is 1. The van der Waals surface area contributed by atoms with Gasteiger partial charge in [0.15, 0.2) is 5.16 Å². The van der Waals surface area contributed by atoms with Crippen LogP contribution in [-0.2, 0) is 4.79 Å². The Morgan fingerprint density at radius 1 is 1.41 bits per heavy atom. The topological polar surface area (TPSA) is 73.8 Å². The Morgan fingerprint density at radius 3 is 2.76 bits per heavy atom. The summed E-state index contributed by atoms with van der Waals surface area (Å²) >= 11 is 1.29. The van der Waals surface area contributed by atoms with Crippen molar-refractivity contribution in [3.8, 4) is 5.69 Å². The summed E-state index contributed by atoms with van der Waals surface area (Å²) in [6.45, 7) is 1.75. The first-order chi connectivity index (χ1) is 8.18. The summed E-state index contributed by atoms with van der Waals surface area (Å²) < 4.78 is 1.82. The van der Waals surface area contributed by atoms with Crippen LogP contribution in [0.15, 0.2) is 41.8 Å². The molecule has 5 nitrogen and oxygen atoms in total. The van der Waals surface area contributed by atoms with Gasteiger partial charge in [0.2, 0.25) is 5.91 Å². The summed E-state index contributed by atoms with van der Waals surface area (Å²) in [4.78, 5) is 11.0. The van der Waals surface area contributed by atoms with Crippen molar-refractivity contribution >= 4 is 17.7 Å². The monoisotopic (exact) mass is 248 g/mol. The van der Waals surface area contributed by atoms with Crippen LogP contribution in [0.3, 0.4) is 0 Å². The van der Waals surface area contributed by atoms with Gasteiger partial charge in [0.05, 0.1) is 5.25 Å². The number of primary amides is 1. The fourth-order valence-electron chi connectivity index (χ4n) is 1.29. The van der Waals surface area contributed by atoms with Gasteiger partial charge in [-0.05, 0) is 19.1 Å². The summed E-state index contributed by atoms with van der Waals surface area (Å²) in [5.74, 6) is -0.363. The van der Waals surface area contributed by atoms with E-state index in [4.69, 9.17) is 5.73 Å². The standard InChI is InChI=1S/C11H12N4OS/c1-8(10(12)16)17-11-14-13-7-15(11)9-5-3-2-4-6-9/h2-8H,1H3,(H2,12,16). The van der Waals surface area contributed by atoms with Crippen LogP contribution < -0.4 is 5.73 Å². The highest BCUT2D eigenvalue weighted by molar-refractivity contribution is 8.00. The highest BCUT2D eigenvalue weighted by atomic mass is 32.2. The van der Waals surface area contributed by atoms with Crippen molar-refractivity contribution < 1.29 is 4.79 Å². The lowest BCUT2D eigenvalue weighted by Crippen LogP contribution is -2.22. The largest absolute Gasteiger partial charge is 0.369 e. The fraction of sp³-hybridized carbons (Fsp3) is 0.182. The lowest BCUT2D eigenvalue weighted by Gasteiger charge is -2.08. The number of rotatable bonds is 4. The predicted molar refractivity (Wildman–Crippen MR) is 65.9 cm³/mol. The molecular weight excluding hydrogens is 236 g/mol. The zero-order valence-electron chi connectivity index (χ0n) is 9.28. The number of nitrogens with zero attached hydrogens (tertiary/aromatic N) is 3. The van der Waals surface area contributed by atoms with Crippen LogP contribution in [0.1, 0.15) is 6.92 Å². The summed E-state index contributed by atoms with van der Waals surface area (Å²) in [7, 11) is 0. The van der Waals surface area contributed by atoms with Crippen LogP contribution in [0.5, 0.6) is 0 Å². The van der Waals surface area contributed by atoms with Crippen molar-refractivity contribution in [2.24, 2.45) is 5.73 Å². The van der Waals surface area contributed by atoms with Gasteiger partial charge in [-0.1, -0.05) is 30.0 Å². The summed E-state index contributed by atoms with van der Waals surface area (Å²) in [5.41, 5.74) is 6.18. The molecule has 1 aromatic heterocycles. The normalized spacial score (nSPS) is 12.3. The zero-order valence-corrected chi connectivity index (χ0v) is 10.1. The second-order valence-electron chi connectivity index (χ2n) is 3.48. The number of para-hydroxylation sites is 1. The summed E-state index contributed by atoms with van der Waals surface area (Å²) in [6, 6.07) is 9.69. The molecule has 1 unspecified atom stereocenters. The Hall–Kier alpha value is -1.82. The van der Waals surface area contributed by atoms with Gasteiger partial charge in [-0.3, -0.25) is 9.36 Å². The third kappa shape index (κ3) is 2.65. The molecule has 0 saturated carbocycles. The average molecular weight is 248 g/mol. The van der Waals surface area contributed by atoms with Gasteiger partial charge in [-0.25, -0.2) is 0 Å². The maximum Gasteiger partial charge on any atom is 0.230 e. The van der Waals surface area contributed by atoms with E-state index in [0.717, 1.165) is 5.69 Å². The number of aromatic nitrogens is 3. The van der Waals surface area contributed by atoms with E-state index >= 15 is 0 Å². The maximum absolute atomic E-state index is 11.0. The first-order valence-corrected chi connectivity index (χ1v) is 5.98. The molecule has 0 aliphatic carbocycles. The van der Waals surface area contributed by atoms with E-state index in [1.165, 1.54) is 11.8 Å². The van der Waals surface area contributed by atoms with Crippen LogP contribution in [-0.4, -0.2) is 25.9 Å². The van der Waals surface area contributed by atoms with Crippen LogP contribution >= 0.6 is 11.8 Å². The van der Waals surface area contributed by atoms with Gasteiger partial charge in [0, 0.05) is 5.69 Å². The molecule has 0 aliphatic heterocycles. The number of benzene rings is 1. The van der Waals surface area contributed by atoms with Gasteiger partial charge in [0.25, 0.3) is 0 Å². The van der Waals surface area contributed by atoms with Crippen molar-refractivity contribution in [1.82, 2.24) is 14.8 Å². The Bertz CT molecular complexity index is 511. The second kappa shape index (κ2) is 5.01. The zero-order chi connectivity index (χ0) is 12.3. The molecule has 2 rings (SSSR count). The molecule has 88 valence electrons. The van der Waals surface area contributed by atoms with Crippen LogP contribution in [0.25, 0.3) is 5.69 Å². The second-order valence-corrected chi connectivity index (χ2v) is 4.79. The van der Waals surface area contributed by atoms with Crippen molar-refractivity contribution in [2.75, 3.05) is 0 Å². The Kier molecular flexibility index (Phi) is 3.43. The molecule has 1 atom stereocenters. The molecule has 0 bridgehead atoms. The van der Waals surface area contributed by atoms with E-state index in [2.05, 4.69) is 10.2 Å². The molecule has 1 amide bonds. The Balaban J connectivity index is 2.26. The van der Waals surface area contributed by atoms with E-state index in [0.29, 0.717) is 5.16 Å². The van der Waals surface area contributed by atoms with Gasteiger partial charge < -0.3 is 5.73 Å². The fourth-order valence-corrected chi connectivity index (χ4v) is 2.08. The molecule has 0 saturated heterocycles. The molecular formula is C11H12N4OS. The van der Waals surface area contributed by atoms with E-state index in [-0.39, 0.29) is 11.2 Å². The van der Waals surface area contributed by atoms with Gasteiger partial charge in [-0.2, -0.15) is 0 Å².